The van der Waals surface area contributed by atoms with Gasteiger partial charge in [-0.1, -0.05) is 25.6 Å². The van der Waals surface area contributed by atoms with Gasteiger partial charge in [-0.15, -0.1) is 10.2 Å². The average molecular weight is 238 g/mol. The van der Waals surface area contributed by atoms with E-state index in [1.54, 1.807) is 18.0 Å². The van der Waals surface area contributed by atoms with Crippen molar-refractivity contribution in [2.24, 2.45) is 5.92 Å². The first-order valence-electron chi connectivity index (χ1n) is 5.17. The third-order valence-corrected chi connectivity index (χ3v) is 3.28. The second-order valence-corrected chi connectivity index (χ2v) is 4.94. The molecular formula is C11H14N2O2S. The van der Waals surface area contributed by atoms with Crippen molar-refractivity contribution >= 4 is 11.8 Å². The van der Waals surface area contributed by atoms with E-state index in [4.69, 9.17) is 8.83 Å². The van der Waals surface area contributed by atoms with E-state index in [1.165, 1.54) is 0 Å². The van der Waals surface area contributed by atoms with Crippen LogP contribution in [0.25, 0.3) is 11.5 Å². The summed E-state index contributed by atoms with van der Waals surface area (Å²) in [5.41, 5.74) is 0.865. The van der Waals surface area contributed by atoms with E-state index in [9.17, 15) is 0 Å². The summed E-state index contributed by atoms with van der Waals surface area (Å²) in [6.07, 6.45) is 1.62. The second-order valence-electron chi connectivity index (χ2n) is 3.97. The molecule has 0 saturated carbocycles. The van der Waals surface area contributed by atoms with Crippen molar-refractivity contribution in [3.63, 3.8) is 0 Å². The molecule has 86 valence electrons. The molecule has 16 heavy (non-hydrogen) atoms. The Bertz CT molecular complexity index is 462. The molecule has 0 unspecified atom stereocenters. The van der Waals surface area contributed by atoms with Crippen molar-refractivity contribution < 1.29 is 8.83 Å². The molecule has 0 fully saturated rings. The molecule has 0 aliphatic heterocycles. The molecular weight excluding hydrogens is 224 g/mol. The van der Waals surface area contributed by atoms with E-state index in [0.717, 1.165) is 17.1 Å². The Labute approximate surface area is 98.4 Å². The number of furan rings is 1. The quantitative estimate of drug-likeness (QED) is 0.764. The van der Waals surface area contributed by atoms with Gasteiger partial charge in [0.05, 0.1) is 11.8 Å². The Morgan fingerprint density at radius 1 is 1.38 bits per heavy atom. The van der Waals surface area contributed by atoms with Gasteiger partial charge >= 0.3 is 0 Å². The van der Waals surface area contributed by atoms with Crippen molar-refractivity contribution in [1.82, 2.24) is 10.2 Å². The standard InChI is InChI=1S/C11H14N2O2S/c1-7(2)6-16-11-13-12-10(15-11)9-4-5-14-8(9)3/h4-5,7H,6H2,1-3H3. The van der Waals surface area contributed by atoms with E-state index in [1.807, 2.05) is 13.0 Å². The van der Waals surface area contributed by atoms with Crippen LogP contribution in [0, 0.1) is 12.8 Å². The molecule has 0 atom stereocenters. The lowest BCUT2D eigenvalue weighted by molar-refractivity contribution is 0.463. The fourth-order valence-electron chi connectivity index (χ4n) is 1.22. The summed E-state index contributed by atoms with van der Waals surface area (Å²) in [4.78, 5) is 0. The Morgan fingerprint density at radius 3 is 2.81 bits per heavy atom. The molecule has 0 bridgehead atoms. The smallest absolute Gasteiger partial charge is 0.276 e. The van der Waals surface area contributed by atoms with Gasteiger partial charge < -0.3 is 8.83 Å². The van der Waals surface area contributed by atoms with Crippen molar-refractivity contribution in [3.05, 3.63) is 18.1 Å². The van der Waals surface area contributed by atoms with Crippen LogP contribution in [0.2, 0.25) is 0 Å². The van der Waals surface area contributed by atoms with Gasteiger partial charge in [0.15, 0.2) is 0 Å². The molecule has 2 aromatic heterocycles. The highest BCUT2D eigenvalue weighted by Gasteiger charge is 2.13. The number of hydrogen-bond acceptors (Lipinski definition) is 5. The van der Waals surface area contributed by atoms with Crippen LogP contribution >= 0.6 is 11.8 Å². The van der Waals surface area contributed by atoms with Gasteiger partial charge in [0.1, 0.15) is 5.76 Å². The SMILES string of the molecule is Cc1occc1-c1nnc(SCC(C)C)o1. The van der Waals surface area contributed by atoms with Crippen LogP contribution in [-0.2, 0) is 0 Å². The number of nitrogens with zero attached hydrogens (tertiary/aromatic N) is 2. The van der Waals surface area contributed by atoms with E-state index < -0.39 is 0 Å². The fourth-order valence-corrected chi connectivity index (χ4v) is 1.93. The summed E-state index contributed by atoms with van der Waals surface area (Å²) in [5.74, 6) is 2.91. The lowest BCUT2D eigenvalue weighted by Crippen LogP contribution is -1.89. The van der Waals surface area contributed by atoms with Crippen LogP contribution in [-0.4, -0.2) is 16.0 Å². The Morgan fingerprint density at radius 2 is 2.19 bits per heavy atom. The Kier molecular flexibility index (Phi) is 3.33. The average Bonchev–Trinajstić information content (AvgIpc) is 2.83. The highest BCUT2D eigenvalue weighted by molar-refractivity contribution is 7.99. The number of hydrogen-bond donors (Lipinski definition) is 0. The molecule has 2 heterocycles. The van der Waals surface area contributed by atoms with Crippen molar-refractivity contribution in [2.75, 3.05) is 5.75 Å². The van der Waals surface area contributed by atoms with E-state index in [2.05, 4.69) is 24.0 Å². The number of thioether (sulfide) groups is 1. The molecule has 0 N–H and O–H groups in total. The van der Waals surface area contributed by atoms with Crippen LogP contribution in [0.3, 0.4) is 0 Å². The first-order chi connectivity index (χ1) is 7.66. The van der Waals surface area contributed by atoms with Crippen LogP contribution in [0.4, 0.5) is 0 Å². The third-order valence-electron chi connectivity index (χ3n) is 2.04. The lowest BCUT2D eigenvalue weighted by atomic mass is 10.3. The van der Waals surface area contributed by atoms with E-state index in [0.29, 0.717) is 17.0 Å². The first kappa shape index (κ1) is 11.3. The molecule has 0 spiro atoms. The predicted octanol–water partition coefficient (Wildman–Crippen LogP) is 3.39. The Hall–Kier alpha value is -1.23. The molecule has 0 amide bonds. The molecule has 4 nitrogen and oxygen atoms in total. The van der Waals surface area contributed by atoms with E-state index in [-0.39, 0.29) is 0 Å². The van der Waals surface area contributed by atoms with Gasteiger partial charge in [-0.25, -0.2) is 0 Å². The van der Waals surface area contributed by atoms with E-state index >= 15 is 0 Å². The molecule has 0 radical (unpaired) electrons. The van der Waals surface area contributed by atoms with Crippen LogP contribution in [0.1, 0.15) is 19.6 Å². The minimum Gasteiger partial charge on any atom is -0.469 e. The number of rotatable bonds is 4. The lowest BCUT2D eigenvalue weighted by Gasteiger charge is -1.98. The maximum absolute atomic E-state index is 5.54. The van der Waals surface area contributed by atoms with Crippen molar-refractivity contribution in [3.8, 4) is 11.5 Å². The first-order valence-corrected chi connectivity index (χ1v) is 6.16. The van der Waals surface area contributed by atoms with Gasteiger partial charge in [-0.3, -0.25) is 0 Å². The summed E-state index contributed by atoms with van der Waals surface area (Å²) in [6, 6.07) is 1.83. The molecule has 0 aromatic carbocycles. The minimum atomic E-state index is 0.525. The maximum atomic E-state index is 5.54. The van der Waals surface area contributed by atoms with Gasteiger partial charge in [0.25, 0.3) is 11.1 Å². The van der Waals surface area contributed by atoms with Gasteiger partial charge in [-0.2, -0.15) is 0 Å². The molecule has 0 saturated heterocycles. The summed E-state index contributed by atoms with van der Waals surface area (Å²) in [6.45, 7) is 6.19. The molecule has 0 aliphatic carbocycles. The number of aryl methyl sites for hydroxylation is 1. The zero-order valence-electron chi connectivity index (χ0n) is 9.56. The minimum absolute atomic E-state index is 0.525. The molecule has 5 heteroatoms. The van der Waals surface area contributed by atoms with Gasteiger partial charge in [0.2, 0.25) is 0 Å². The van der Waals surface area contributed by atoms with Crippen LogP contribution < -0.4 is 0 Å². The summed E-state index contributed by atoms with van der Waals surface area (Å²) in [5, 5.41) is 8.60. The topological polar surface area (TPSA) is 52.1 Å². The van der Waals surface area contributed by atoms with Gasteiger partial charge in [0, 0.05) is 5.75 Å². The fraction of sp³-hybridized carbons (Fsp3) is 0.455. The highest BCUT2D eigenvalue weighted by Crippen LogP contribution is 2.26. The van der Waals surface area contributed by atoms with Crippen LogP contribution in [0.15, 0.2) is 26.4 Å². The molecule has 0 aliphatic rings. The largest absolute Gasteiger partial charge is 0.469 e. The van der Waals surface area contributed by atoms with Crippen molar-refractivity contribution in [1.29, 1.82) is 0 Å². The summed E-state index contributed by atoms with van der Waals surface area (Å²) < 4.78 is 10.7. The zero-order chi connectivity index (χ0) is 11.5. The van der Waals surface area contributed by atoms with Crippen LogP contribution in [0.5, 0.6) is 0 Å². The molecule has 2 aromatic rings. The summed E-state index contributed by atoms with van der Waals surface area (Å²) >= 11 is 1.58. The highest BCUT2D eigenvalue weighted by atomic mass is 32.2. The monoisotopic (exact) mass is 238 g/mol. The number of aromatic nitrogens is 2. The second kappa shape index (κ2) is 4.74. The Balaban J connectivity index is 2.11. The normalized spacial score (nSPS) is 11.2. The maximum Gasteiger partial charge on any atom is 0.276 e. The third kappa shape index (κ3) is 2.47. The van der Waals surface area contributed by atoms with Gasteiger partial charge in [-0.05, 0) is 18.9 Å². The summed E-state index contributed by atoms with van der Waals surface area (Å²) in [7, 11) is 0. The predicted molar refractivity (Wildman–Crippen MR) is 62.3 cm³/mol. The zero-order valence-corrected chi connectivity index (χ0v) is 10.4. The molecule has 2 rings (SSSR count). The van der Waals surface area contributed by atoms with Crippen molar-refractivity contribution in [2.45, 2.75) is 26.0 Å².